The Labute approximate surface area is 87.1 Å². The summed E-state index contributed by atoms with van der Waals surface area (Å²) in [5, 5.41) is 8.89. The first-order valence-electron chi connectivity index (χ1n) is 4.38. The van der Waals surface area contributed by atoms with Gasteiger partial charge in [-0.15, -0.1) is 0 Å². The number of ether oxygens (including phenoxy) is 1. The van der Waals surface area contributed by atoms with E-state index in [-0.39, 0.29) is 24.0 Å². The Bertz CT molecular complexity index is 389. The predicted octanol–water partition coefficient (Wildman–Crippen LogP) is 0.487. The van der Waals surface area contributed by atoms with Crippen molar-refractivity contribution in [3.63, 3.8) is 0 Å². The maximum absolute atomic E-state index is 10.9. The molecule has 0 aliphatic rings. The van der Waals surface area contributed by atoms with Crippen molar-refractivity contribution in [2.45, 2.75) is 13.3 Å². The standard InChI is InChI=1S/C10H10N2O3/c1-2-15-10(14)5-3-4-9-11-6-8(13)7-12-9/h6-7,13H,2,5H2,1H3. The van der Waals surface area contributed by atoms with Gasteiger partial charge in [-0.3, -0.25) is 4.79 Å². The zero-order valence-corrected chi connectivity index (χ0v) is 8.23. The Morgan fingerprint density at radius 3 is 2.80 bits per heavy atom. The zero-order chi connectivity index (χ0) is 11.1. The van der Waals surface area contributed by atoms with Crippen LogP contribution in [0.2, 0.25) is 0 Å². The molecule has 5 heteroatoms. The molecule has 0 radical (unpaired) electrons. The van der Waals surface area contributed by atoms with Crippen LogP contribution in [-0.4, -0.2) is 27.7 Å². The number of esters is 1. The molecule has 0 aliphatic carbocycles. The molecule has 1 aromatic heterocycles. The Morgan fingerprint density at radius 1 is 1.53 bits per heavy atom. The molecule has 0 spiro atoms. The Balaban J connectivity index is 2.51. The van der Waals surface area contributed by atoms with Gasteiger partial charge in [0.15, 0.2) is 5.75 Å². The van der Waals surface area contributed by atoms with E-state index in [9.17, 15) is 4.79 Å². The highest BCUT2D eigenvalue weighted by Crippen LogP contribution is 2.00. The average Bonchev–Trinajstić information content (AvgIpc) is 2.21. The molecule has 1 aromatic rings. The van der Waals surface area contributed by atoms with Crippen molar-refractivity contribution in [3.05, 3.63) is 18.2 Å². The van der Waals surface area contributed by atoms with Gasteiger partial charge in [0.25, 0.3) is 0 Å². The minimum absolute atomic E-state index is 0.0120. The van der Waals surface area contributed by atoms with Gasteiger partial charge in [0.1, 0.15) is 6.42 Å². The lowest BCUT2D eigenvalue weighted by molar-refractivity contribution is -0.141. The molecule has 5 nitrogen and oxygen atoms in total. The summed E-state index contributed by atoms with van der Waals surface area (Å²) in [4.78, 5) is 18.4. The molecule has 0 saturated carbocycles. The third kappa shape index (κ3) is 4.09. The molecule has 15 heavy (non-hydrogen) atoms. The van der Waals surface area contributed by atoms with Crippen molar-refractivity contribution in [2.24, 2.45) is 0 Å². The van der Waals surface area contributed by atoms with E-state index in [2.05, 4.69) is 26.5 Å². The molecule has 1 heterocycles. The predicted molar refractivity (Wildman–Crippen MR) is 51.8 cm³/mol. The monoisotopic (exact) mass is 206 g/mol. The van der Waals surface area contributed by atoms with Crippen molar-refractivity contribution in [3.8, 4) is 17.6 Å². The number of hydrogen-bond acceptors (Lipinski definition) is 5. The molecule has 1 rings (SSSR count). The van der Waals surface area contributed by atoms with Crippen molar-refractivity contribution in [1.82, 2.24) is 9.97 Å². The lowest BCUT2D eigenvalue weighted by atomic mass is 10.4. The van der Waals surface area contributed by atoms with E-state index in [0.29, 0.717) is 6.61 Å². The van der Waals surface area contributed by atoms with Gasteiger partial charge in [0.2, 0.25) is 5.82 Å². The van der Waals surface area contributed by atoms with Crippen LogP contribution in [0.25, 0.3) is 0 Å². The van der Waals surface area contributed by atoms with Crippen LogP contribution in [-0.2, 0) is 9.53 Å². The number of carbonyl (C=O) groups excluding carboxylic acids is 1. The summed E-state index contributed by atoms with van der Waals surface area (Å²) in [6, 6.07) is 0. The fourth-order valence-corrected chi connectivity index (χ4v) is 0.793. The fraction of sp³-hybridized carbons (Fsp3) is 0.300. The van der Waals surface area contributed by atoms with Crippen LogP contribution in [0.4, 0.5) is 0 Å². The molecule has 0 aliphatic heterocycles. The van der Waals surface area contributed by atoms with E-state index in [4.69, 9.17) is 5.11 Å². The highest BCUT2D eigenvalue weighted by molar-refractivity contribution is 5.72. The second kappa shape index (κ2) is 5.60. The number of carbonyl (C=O) groups is 1. The van der Waals surface area contributed by atoms with Gasteiger partial charge in [-0.2, -0.15) is 0 Å². The van der Waals surface area contributed by atoms with Gasteiger partial charge in [-0.05, 0) is 12.8 Å². The van der Waals surface area contributed by atoms with E-state index in [1.54, 1.807) is 6.92 Å². The van der Waals surface area contributed by atoms with Crippen LogP contribution in [0.15, 0.2) is 12.4 Å². The number of aromatic nitrogens is 2. The van der Waals surface area contributed by atoms with E-state index >= 15 is 0 Å². The topological polar surface area (TPSA) is 72.3 Å². The number of rotatable bonds is 2. The van der Waals surface area contributed by atoms with Crippen molar-refractivity contribution in [1.29, 1.82) is 0 Å². The molecule has 0 saturated heterocycles. The Hall–Kier alpha value is -2.09. The van der Waals surface area contributed by atoms with Crippen molar-refractivity contribution in [2.75, 3.05) is 6.61 Å². The van der Waals surface area contributed by atoms with Gasteiger partial charge < -0.3 is 9.84 Å². The van der Waals surface area contributed by atoms with E-state index in [1.807, 2.05) is 0 Å². The third-order valence-electron chi connectivity index (χ3n) is 1.38. The molecule has 1 N–H and O–H groups in total. The maximum Gasteiger partial charge on any atom is 0.317 e. The first-order valence-corrected chi connectivity index (χ1v) is 4.38. The van der Waals surface area contributed by atoms with Crippen LogP contribution in [0, 0.1) is 11.8 Å². The maximum atomic E-state index is 10.9. The summed E-state index contributed by atoms with van der Waals surface area (Å²) in [5.74, 6) is 5.02. The lowest BCUT2D eigenvalue weighted by Gasteiger charge is -1.94. The molecule has 0 fully saturated rings. The second-order valence-electron chi connectivity index (χ2n) is 2.55. The van der Waals surface area contributed by atoms with Crippen LogP contribution in [0.5, 0.6) is 5.75 Å². The molecule has 0 bridgehead atoms. The first kappa shape index (κ1) is 11.0. The van der Waals surface area contributed by atoms with Crippen LogP contribution >= 0.6 is 0 Å². The minimum atomic E-state index is -0.372. The molecular formula is C10H10N2O3. The number of hydrogen-bond donors (Lipinski definition) is 1. The lowest BCUT2D eigenvalue weighted by Crippen LogP contribution is -2.01. The third-order valence-corrected chi connectivity index (χ3v) is 1.38. The summed E-state index contributed by atoms with van der Waals surface area (Å²) >= 11 is 0. The molecule has 0 unspecified atom stereocenters. The van der Waals surface area contributed by atoms with Gasteiger partial charge >= 0.3 is 5.97 Å². The van der Waals surface area contributed by atoms with Crippen LogP contribution in [0.3, 0.4) is 0 Å². The fourth-order valence-electron chi connectivity index (χ4n) is 0.793. The minimum Gasteiger partial charge on any atom is -0.505 e. The highest BCUT2D eigenvalue weighted by atomic mass is 16.5. The average molecular weight is 206 g/mol. The first-order chi connectivity index (χ1) is 7.22. The molecule has 0 aromatic carbocycles. The number of nitrogens with zero attached hydrogens (tertiary/aromatic N) is 2. The van der Waals surface area contributed by atoms with Gasteiger partial charge in [-0.1, -0.05) is 5.92 Å². The van der Waals surface area contributed by atoms with Gasteiger partial charge in [0, 0.05) is 0 Å². The molecule has 0 amide bonds. The summed E-state index contributed by atoms with van der Waals surface area (Å²) in [6.45, 7) is 2.07. The molecule has 0 atom stereocenters. The number of aromatic hydroxyl groups is 1. The SMILES string of the molecule is CCOC(=O)CC#Cc1ncc(O)cn1. The highest BCUT2D eigenvalue weighted by Gasteiger charge is 1.96. The summed E-state index contributed by atoms with van der Waals surface area (Å²) in [6.07, 6.45) is 2.49. The Morgan fingerprint density at radius 2 is 2.20 bits per heavy atom. The molecular weight excluding hydrogens is 196 g/mol. The van der Waals surface area contributed by atoms with E-state index in [1.165, 1.54) is 12.4 Å². The largest absolute Gasteiger partial charge is 0.505 e. The van der Waals surface area contributed by atoms with Crippen LogP contribution in [0.1, 0.15) is 19.2 Å². The normalized spacial score (nSPS) is 8.87. The van der Waals surface area contributed by atoms with Crippen LogP contribution < -0.4 is 0 Å². The van der Waals surface area contributed by atoms with E-state index < -0.39 is 0 Å². The second-order valence-corrected chi connectivity index (χ2v) is 2.55. The van der Waals surface area contributed by atoms with Crippen molar-refractivity contribution >= 4 is 5.97 Å². The zero-order valence-electron chi connectivity index (χ0n) is 8.23. The smallest absolute Gasteiger partial charge is 0.317 e. The summed E-state index contributed by atoms with van der Waals surface area (Å²) in [7, 11) is 0. The van der Waals surface area contributed by atoms with Gasteiger partial charge in [-0.25, -0.2) is 9.97 Å². The summed E-state index contributed by atoms with van der Waals surface area (Å²) in [5.41, 5.74) is 0. The van der Waals surface area contributed by atoms with E-state index in [0.717, 1.165) is 0 Å². The Kier molecular flexibility index (Phi) is 4.10. The molecule has 78 valence electrons. The quantitative estimate of drug-likeness (QED) is 0.563. The van der Waals surface area contributed by atoms with Gasteiger partial charge in [0.05, 0.1) is 19.0 Å². The summed E-state index contributed by atoms with van der Waals surface area (Å²) < 4.78 is 4.68. The van der Waals surface area contributed by atoms with Crippen molar-refractivity contribution < 1.29 is 14.6 Å².